The maximum atomic E-state index is 12.5. The van der Waals surface area contributed by atoms with Crippen LogP contribution in [-0.4, -0.2) is 29.1 Å². The van der Waals surface area contributed by atoms with Gasteiger partial charge in [0, 0.05) is 12.1 Å². The number of benzene rings is 2. The lowest BCUT2D eigenvalue weighted by molar-refractivity contribution is -0.127. The van der Waals surface area contributed by atoms with Crippen LogP contribution < -0.4 is 10.1 Å². The highest BCUT2D eigenvalue weighted by Gasteiger charge is 2.14. The summed E-state index contributed by atoms with van der Waals surface area (Å²) in [7, 11) is 1.62. The first-order valence-corrected chi connectivity index (χ1v) is 9.63. The van der Waals surface area contributed by atoms with Crippen molar-refractivity contribution in [1.29, 1.82) is 0 Å². The van der Waals surface area contributed by atoms with Crippen LogP contribution in [0.4, 0.5) is 5.69 Å². The van der Waals surface area contributed by atoms with E-state index >= 15 is 0 Å². The Balaban J connectivity index is 1.58. The van der Waals surface area contributed by atoms with E-state index in [9.17, 15) is 4.79 Å². The fraction of sp³-hybridized carbons (Fsp3) is 0.364. The predicted molar refractivity (Wildman–Crippen MR) is 111 cm³/mol. The minimum Gasteiger partial charge on any atom is -0.497 e. The molecule has 3 aromatic rings. The van der Waals surface area contributed by atoms with Gasteiger partial charge in [-0.25, -0.2) is 4.98 Å². The van der Waals surface area contributed by atoms with E-state index in [1.165, 1.54) is 0 Å². The van der Waals surface area contributed by atoms with Crippen LogP contribution in [-0.2, 0) is 22.6 Å². The summed E-state index contributed by atoms with van der Waals surface area (Å²) in [6, 6.07) is 13.3. The first-order chi connectivity index (χ1) is 13.6. The molecule has 0 saturated heterocycles. The normalized spacial score (nSPS) is 12.1. The fourth-order valence-electron chi connectivity index (χ4n) is 2.91. The molecule has 0 aliphatic rings. The minimum atomic E-state index is -0.580. The largest absolute Gasteiger partial charge is 0.497 e. The Bertz CT molecular complexity index is 936. The van der Waals surface area contributed by atoms with Crippen LogP contribution in [0.3, 0.4) is 0 Å². The summed E-state index contributed by atoms with van der Waals surface area (Å²) >= 11 is 0. The molecule has 6 heteroatoms. The molecular formula is C22H27N3O3. The molecule has 1 amide bonds. The lowest BCUT2D eigenvalue weighted by Crippen LogP contribution is -2.27. The summed E-state index contributed by atoms with van der Waals surface area (Å²) in [5.41, 5.74) is 3.51. The van der Waals surface area contributed by atoms with Crippen LogP contribution in [0.1, 0.15) is 38.1 Å². The second kappa shape index (κ2) is 9.37. The number of hydrogen-bond acceptors (Lipinski definition) is 4. The van der Waals surface area contributed by atoms with Gasteiger partial charge in [-0.15, -0.1) is 0 Å². The maximum absolute atomic E-state index is 12.5. The highest BCUT2D eigenvalue weighted by atomic mass is 16.5. The van der Waals surface area contributed by atoms with Crippen molar-refractivity contribution in [1.82, 2.24) is 9.97 Å². The molecule has 1 unspecified atom stereocenters. The molecule has 0 aliphatic carbocycles. The van der Waals surface area contributed by atoms with Crippen molar-refractivity contribution in [3.8, 4) is 5.75 Å². The number of carbonyl (C=O) groups excluding carboxylic acids is 1. The van der Waals surface area contributed by atoms with Crippen molar-refractivity contribution in [2.75, 3.05) is 12.4 Å². The third-order valence-electron chi connectivity index (χ3n) is 4.57. The molecule has 1 aromatic heterocycles. The van der Waals surface area contributed by atoms with Gasteiger partial charge in [0.05, 0.1) is 24.8 Å². The van der Waals surface area contributed by atoms with E-state index in [1.807, 2.05) is 42.5 Å². The minimum absolute atomic E-state index is 0.187. The van der Waals surface area contributed by atoms with E-state index in [-0.39, 0.29) is 5.91 Å². The highest BCUT2D eigenvalue weighted by molar-refractivity contribution is 5.95. The van der Waals surface area contributed by atoms with E-state index in [2.05, 4.69) is 22.2 Å². The van der Waals surface area contributed by atoms with Gasteiger partial charge in [-0.2, -0.15) is 0 Å². The fourth-order valence-corrected chi connectivity index (χ4v) is 2.91. The molecule has 0 bridgehead atoms. The zero-order chi connectivity index (χ0) is 19.9. The summed E-state index contributed by atoms with van der Waals surface area (Å²) in [6.45, 7) is 4.24. The number of methoxy groups -OCH3 is 1. The number of aromatic amines is 1. The number of aryl methyl sites for hydroxylation is 1. The Morgan fingerprint density at radius 3 is 2.89 bits per heavy atom. The van der Waals surface area contributed by atoms with Gasteiger partial charge in [-0.05, 0) is 49.2 Å². The molecule has 1 heterocycles. The molecule has 2 aromatic carbocycles. The number of anilines is 1. The van der Waals surface area contributed by atoms with Crippen molar-refractivity contribution in [3.05, 3.63) is 53.9 Å². The van der Waals surface area contributed by atoms with Gasteiger partial charge in [0.2, 0.25) is 0 Å². The molecule has 0 fully saturated rings. The Morgan fingerprint density at radius 1 is 1.25 bits per heavy atom. The number of imidazole rings is 1. The number of H-pyrrole nitrogens is 1. The summed E-state index contributed by atoms with van der Waals surface area (Å²) in [6.07, 6.45) is 2.59. The van der Waals surface area contributed by atoms with Gasteiger partial charge in [0.15, 0.2) is 0 Å². The molecule has 148 valence electrons. The van der Waals surface area contributed by atoms with E-state index in [0.717, 1.165) is 53.1 Å². The number of nitrogens with one attached hydrogen (secondary N) is 2. The number of rotatable bonds is 9. The van der Waals surface area contributed by atoms with Crippen LogP contribution in [0.25, 0.3) is 11.0 Å². The van der Waals surface area contributed by atoms with Crippen molar-refractivity contribution in [3.63, 3.8) is 0 Å². The number of carbonyl (C=O) groups is 1. The number of amides is 1. The van der Waals surface area contributed by atoms with Gasteiger partial charge < -0.3 is 19.8 Å². The number of unbranched alkanes of at least 4 members (excludes halogenated alkanes) is 1. The van der Waals surface area contributed by atoms with E-state index < -0.39 is 6.10 Å². The Kier molecular flexibility index (Phi) is 6.66. The van der Waals surface area contributed by atoms with Crippen molar-refractivity contribution < 1.29 is 14.3 Å². The Hall–Kier alpha value is -2.86. The number of aromatic nitrogens is 2. The predicted octanol–water partition coefficient (Wildman–Crippen LogP) is 4.46. The van der Waals surface area contributed by atoms with Crippen LogP contribution in [0.2, 0.25) is 0 Å². The quantitative estimate of drug-likeness (QED) is 0.574. The number of hydrogen-bond donors (Lipinski definition) is 2. The molecule has 2 N–H and O–H groups in total. The first-order valence-electron chi connectivity index (χ1n) is 9.63. The second-order valence-corrected chi connectivity index (χ2v) is 6.81. The van der Waals surface area contributed by atoms with Crippen molar-refractivity contribution >= 4 is 22.6 Å². The van der Waals surface area contributed by atoms with Crippen molar-refractivity contribution in [2.45, 2.75) is 45.8 Å². The third kappa shape index (κ3) is 5.10. The molecule has 0 radical (unpaired) electrons. The van der Waals surface area contributed by atoms with Crippen LogP contribution in [0.15, 0.2) is 42.5 Å². The second-order valence-electron chi connectivity index (χ2n) is 6.81. The lowest BCUT2D eigenvalue weighted by atomic mass is 10.2. The van der Waals surface area contributed by atoms with Crippen LogP contribution >= 0.6 is 0 Å². The number of fused-ring (bicyclic) bond motifs is 1. The lowest BCUT2D eigenvalue weighted by Gasteiger charge is -2.14. The zero-order valence-electron chi connectivity index (χ0n) is 16.6. The van der Waals surface area contributed by atoms with Gasteiger partial charge in [0.1, 0.15) is 17.7 Å². The smallest absolute Gasteiger partial charge is 0.253 e. The summed E-state index contributed by atoms with van der Waals surface area (Å²) in [5.74, 6) is 1.56. The first kappa shape index (κ1) is 19.9. The Morgan fingerprint density at radius 2 is 2.11 bits per heavy atom. The van der Waals surface area contributed by atoms with Gasteiger partial charge in [0.25, 0.3) is 5.91 Å². The van der Waals surface area contributed by atoms with Gasteiger partial charge in [-0.1, -0.05) is 25.5 Å². The van der Waals surface area contributed by atoms with Crippen molar-refractivity contribution in [2.24, 2.45) is 0 Å². The van der Waals surface area contributed by atoms with Crippen LogP contribution in [0.5, 0.6) is 5.75 Å². The summed E-state index contributed by atoms with van der Waals surface area (Å²) in [5, 5.41) is 2.91. The molecule has 1 atom stereocenters. The summed E-state index contributed by atoms with van der Waals surface area (Å²) < 4.78 is 10.9. The molecule has 6 nitrogen and oxygen atoms in total. The van der Waals surface area contributed by atoms with E-state index in [1.54, 1.807) is 14.0 Å². The highest BCUT2D eigenvalue weighted by Crippen LogP contribution is 2.19. The molecular weight excluding hydrogens is 354 g/mol. The topological polar surface area (TPSA) is 76.2 Å². The maximum Gasteiger partial charge on any atom is 0.253 e. The standard InChI is InChI=1S/C22H27N3O3/c1-4-5-9-21-24-19-11-10-17(13-20(19)25-21)23-22(26)15(2)28-14-16-7-6-8-18(12-16)27-3/h6-8,10-13,15H,4-5,9,14H2,1-3H3,(H,23,26)(H,24,25). The number of nitrogens with zero attached hydrogens (tertiary/aromatic N) is 1. The molecule has 0 aliphatic heterocycles. The molecule has 3 rings (SSSR count). The summed E-state index contributed by atoms with van der Waals surface area (Å²) in [4.78, 5) is 20.4. The van der Waals surface area contributed by atoms with E-state index in [0.29, 0.717) is 6.61 Å². The van der Waals surface area contributed by atoms with Gasteiger partial charge >= 0.3 is 0 Å². The average Bonchev–Trinajstić information content (AvgIpc) is 3.12. The number of ether oxygens (including phenoxy) is 2. The SMILES string of the molecule is CCCCc1nc2ccc(NC(=O)C(C)OCc3cccc(OC)c3)cc2[nH]1. The molecule has 0 saturated carbocycles. The van der Waals surface area contributed by atoms with Gasteiger partial charge in [-0.3, -0.25) is 4.79 Å². The average molecular weight is 381 g/mol. The molecule has 0 spiro atoms. The van der Waals surface area contributed by atoms with Crippen LogP contribution in [0, 0.1) is 0 Å². The monoisotopic (exact) mass is 381 g/mol. The zero-order valence-corrected chi connectivity index (χ0v) is 16.6. The van der Waals surface area contributed by atoms with E-state index in [4.69, 9.17) is 9.47 Å². The third-order valence-corrected chi connectivity index (χ3v) is 4.57. The molecule has 28 heavy (non-hydrogen) atoms. The Labute approximate surface area is 165 Å².